The summed E-state index contributed by atoms with van der Waals surface area (Å²) in [6.07, 6.45) is 11.2. The van der Waals surface area contributed by atoms with Crippen LogP contribution in [0.3, 0.4) is 0 Å². The molecule has 8 nitrogen and oxygen atoms in total. The van der Waals surface area contributed by atoms with E-state index in [-0.39, 0.29) is 0 Å². The topological polar surface area (TPSA) is 133 Å². The molecule has 0 radical (unpaired) electrons. The van der Waals surface area contributed by atoms with E-state index in [9.17, 15) is 9.59 Å². The Morgan fingerprint density at radius 3 is 2.10 bits per heavy atom. The highest BCUT2D eigenvalue weighted by Gasteiger charge is 2.32. The van der Waals surface area contributed by atoms with Crippen LogP contribution < -0.4 is 11.5 Å². The number of hydrogen-bond acceptors (Lipinski definition) is 6. The zero-order valence-electron chi connectivity index (χ0n) is 18.4. The predicted octanol–water partition coefficient (Wildman–Crippen LogP) is 1.72. The van der Waals surface area contributed by atoms with Crippen LogP contribution in [-0.4, -0.2) is 82.8 Å². The van der Waals surface area contributed by atoms with Crippen LogP contribution >= 0.6 is 0 Å². The molecule has 2 rings (SSSR count). The van der Waals surface area contributed by atoms with Crippen molar-refractivity contribution in [1.82, 2.24) is 9.80 Å². The summed E-state index contributed by atoms with van der Waals surface area (Å²) in [6.45, 7) is 5.50. The van der Waals surface area contributed by atoms with Gasteiger partial charge in [0.05, 0.1) is 0 Å². The molecule has 0 saturated carbocycles. The average molecular weight is 427 g/mol. The number of aliphatic carboxylic acids is 2. The van der Waals surface area contributed by atoms with Gasteiger partial charge in [-0.1, -0.05) is 19.3 Å². The maximum Gasteiger partial charge on any atom is 0.320 e. The quantitative estimate of drug-likeness (QED) is 0.327. The number of carboxylic acid groups (broad SMARTS) is 2. The highest BCUT2D eigenvalue weighted by atomic mass is 16.4. The van der Waals surface area contributed by atoms with Gasteiger partial charge in [-0.15, -0.1) is 0 Å². The summed E-state index contributed by atoms with van der Waals surface area (Å²) in [5, 5.41) is 17.8. The zero-order valence-corrected chi connectivity index (χ0v) is 18.4. The molecule has 30 heavy (non-hydrogen) atoms. The maximum absolute atomic E-state index is 10.9. The van der Waals surface area contributed by atoms with Gasteiger partial charge in [-0.2, -0.15) is 0 Å². The maximum atomic E-state index is 10.9. The molecule has 4 atom stereocenters. The van der Waals surface area contributed by atoms with Crippen LogP contribution in [0.25, 0.3) is 0 Å². The number of nitrogens with zero attached hydrogens (tertiary/aromatic N) is 2. The number of rotatable bonds is 13. The fraction of sp³-hybridized carbons (Fsp3) is 0.909. The van der Waals surface area contributed by atoms with E-state index in [1.807, 2.05) is 0 Å². The first-order valence-corrected chi connectivity index (χ1v) is 11.8. The Kier molecular flexibility index (Phi) is 11.1. The highest BCUT2D eigenvalue weighted by Crippen LogP contribution is 2.30. The third-order valence-electron chi connectivity index (χ3n) is 6.83. The molecule has 2 saturated heterocycles. The van der Waals surface area contributed by atoms with E-state index >= 15 is 0 Å². The minimum absolute atomic E-state index is 0.550. The largest absolute Gasteiger partial charge is 0.480 e. The molecular formula is C22H42N4O4. The van der Waals surface area contributed by atoms with E-state index in [4.69, 9.17) is 21.7 Å². The number of carbonyl (C=O) groups is 2. The second-order valence-corrected chi connectivity index (χ2v) is 9.18. The van der Waals surface area contributed by atoms with Gasteiger partial charge in [0.2, 0.25) is 0 Å². The molecule has 0 bridgehead atoms. The number of likely N-dealkylation sites (tertiary alicyclic amines) is 2. The van der Waals surface area contributed by atoms with Crippen molar-refractivity contribution in [3.63, 3.8) is 0 Å². The van der Waals surface area contributed by atoms with Crippen molar-refractivity contribution in [2.24, 2.45) is 17.4 Å². The smallest absolute Gasteiger partial charge is 0.320 e. The molecule has 6 N–H and O–H groups in total. The standard InChI is InChI=1S/C22H42N4O4/c23-18(21(27)28)9-1-4-12-25-13-7-8-17(16-25)20-11-3-6-15-26(20)14-5-2-10-19(24)22(29)30/h17-20H,1-16,23-24H2,(H,27,28)(H,29,30). The van der Waals surface area contributed by atoms with E-state index in [0.717, 1.165) is 58.4 Å². The Morgan fingerprint density at radius 1 is 0.833 bits per heavy atom. The van der Waals surface area contributed by atoms with Crippen molar-refractivity contribution < 1.29 is 19.8 Å². The fourth-order valence-electron chi connectivity index (χ4n) is 5.06. The van der Waals surface area contributed by atoms with Crippen molar-refractivity contribution in [2.45, 2.75) is 88.8 Å². The third-order valence-corrected chi connectivity index (χ3v) is 6.83. The minimum atomic E-state index is -0.907. The Balaban J connectivity index is 1.73. The van der Waals surface area contributed by atoms with Crippen LogP contribution in [0, 0.1) is 5.92 Å². The molecule has 0 aromatic carbocycles. The summed E-state index contributed by atoms with van der Waals surface area (Å²) in [7, 11) is 0. The lowest BCUT2D eigenvalue weighted by molar-refractivity contribution is -0.139. The first-order chi connectivity index (χ1) is 14.4. The van der Waals surface area contributed by atoms with Crippen LogP contribution in [0.15, 0.2) is 0 Å². The summed E-state index contributed by atoms with van der Waals surface area (Å²) in [6, 6.07) is -0.839. The van der Waals surface area contributed by atoms with E-state index in [0.29, 0.717) is 24.8 Å². The molecule has 2 heterocycles. The predicted molar refractivity (Wildman–Crippen MR) is 117 cm³/mol. The highest BCUT2D eigenvalue weighted by molar-refractivity contribution is 5.73. The second-order valence-electron chi connectivity index (χ2n) is 9.18. The summed E-state index contributed by atoms with van der Waals surface area (Å²) >= 11 is 0. The molecule has 0 aromatic rings. The van der Waals surface area contributed by atoms with Crippen molar-refractivity contribution in [3.8, 4) is 0 Å². The Morgan fingerprint density at radius 2 is 1.47 bits per heavy atom. The molecule has 8 heteroatoms. The van der Waals surface area contributed by atoms with Gasteiger partial charge >= 0.3 is 11.9 Å². The van der Waals surface area contributed by atoms with Gasteiger partial charge in [0.1, 0.15) is 12.1 Å². The van der Waals surface area contributed by atoms with Crippen molar-refractivity contribution in [1.29, 1.82) is 0 Å². The van der Waals surface area contributed by atoms with Crippen LogP contribution in [0.2, 0.25) is 0 Å². The SMILES string of the molecule is NC(CCCCN1CCCC(C2CCCCN2CCCCC(N)C(=O)O)C1)C(=O)O. The summed E-state index contributed by atoms with van der Waals surface area (Å²) in [4.78, 5) is 26.9. The van der Waals surface area contributed by atoms with Gasteiger partial charge in [0.25, 0.3) is 0 Å². The molecular weight excluding hydrogens is 384 g/mol. The first-order valence-electron chi connectivity index (χ1n) is 11.8. The number of carboxylic acids is 2. The fourth-order valence-corrected chi connectivity index (χ4v) is 5.06. The normalized spacial score (nSPS) is 25.7. The first kappa shape index (κ1) is 25.0. The summed E-state index contributed by atoms with van der Waals surface area (Å²) in [5.74, 6) is -1.12. The molecule has 0 aliphatic carbocycles. The summed E-state index contributed by atoms with van der Waals surface area (Å²) < 4.78 is 0. The van der Waals surface area contributed by atoms with E-state index in [1.165, 1.54) is 32.1 Å². The number of nitrogens with two attached hydrogens (primary N) is 2. The van der Waals surface area contributed by atoms with E-state index < -0.39 is 24.0 Å². The Labute approximate surface area is 181 Å². The molecule has 0 aromatic heterocycles. The molecule has 2 aliphatic heterocycles. The van der Waals surface area contributed by atoms with Gasteiger partial charge < -0.3 is 31.5 Å². The van der Waals surface area contributed by atoms with E-state index in [2.05, 4.69) is 9.80 Å². The molecule has 0 amide bonds. The van der Waals surface area contributed by atoms with Gasteiger partial charge in [-0.25, -0.2) is 0 Å². The lowest BCUT2D eigenvalue weighted by Gasteiger charge is -2.44. The molecule has 4 unspecified atom stereocenters. The zero-order chi connectivity index (χ0) is 21.9. The third kappa shape index (κ3) is 8.49. The Hall–Kier alpha value is -1.22. The number of unbranched alkanes of at least 4 members (excludes halogenated alkanes) is 2. The van der Waals surface area contributed by atoms with Crippen molar-refractivity contribution in [2.75, 3.05) is 32.7 Å². The van der Waals surface area contributed by atoms with Crippen LogP contribution in [0.5, 0.6) is 0 Å². The lowest BCUT2D eigenvalue weighted by Crippen LogP contribution is -2.50. The molecule has 2 fully saturated rings. The second kappa shape index (κ2) is 13.2. The molecule has 174 valence electrons. The molecule has 0 spiro atoms. The van der Waals surface area contributed by atoms with E-state index in [1.54, 1.807) is 0 Å². The van der Waals surface area contributed by atoms with Gasteiger partial charge in [-0.05, 0) is 83.5 Å². The lowest BCUT2D eigenvalue weighted by atomic mass is 9.84. The number of hydrogen-bond donors (Lipinski definition) is 4. The van der Waals surface area contributed by atoms with Crippen LogP contribution in [-0.2, 0) is 9.59 Å². The Bertz CT molecular complexity index is 533. The monoisotopic (exact) mass is 426 g/mol. The summed E-state index contributed by atoms with van der Waals surface area (Å²) in [5.41, 5.74) is 11.2. The number of piperidine rings is 2. The van der Waals surface area contributed by atoms with Gasteiger partial charge in [0, 0.05) is 12.6 Å². The van der Waals surface area contributed by atoms with Gasteiger partial charge in [-0.3, -0.25) is 9.59 Å². The average Bonchev–Trinajstić information content (AvgIpc) is 2.74. The van der Waals surface area contributed by atoms with Crippen LogP contribution in [0.4, 0.5) is 0 Å². The van der Waals surface area contributed by atoms with Crippen molar-refractivity contribution >= 4 is 11.9 Å². The van der Waals surface area contributed by atoms with Crippen molar-refractivity contribution in [3.05, 3.63) is 0 Å². The molecule has 2 aliphatic rings. The minimum Gasteiger partial charge on any atom is -0.480 e. The van der Waals surface area contributed by atoms with Gasteiger partial charge in [0.15, 0.2) is 0 Å². The van der Waals surface area contributed by atoms with Crippen LogP contribution in [0.1, 0.15) is 70.6 Å².